The fourth-order valence-corrected chi connectivity index (χ4v) is 1.85. The Kier molecular flexibility index (Phi) is 2.91. The van der Waals surface area contributed by atoms with Gasteiger partial charge in [-0.1, -0.05) is 13.8 Å². The van der Waals surface area contributed by atoms with E-state index < -0.39 is 0 Å². The van der Waals surface area contributed by atoms with Crippen molar-refractivity contribution in [3.63, 3.8) is 0 Å². The third-order valence-electron chi connectivity index (χ3n) is 2.83. The van der Waals surface area contributed by atoms with Gasteiger partial charge in [-0.15, -0.1) is 15.3 Å². The van der Waals surface area contributed by atoms with Crippen molar-refractivity contribution in [2.45, 2.75) is 26.3 Å². The van der Waals surface area contributed by atoms with E-state index in [2.05, 4.69) is 34.5 Å². The molecule has 0 saturated carbocycles. The first-order chi connectivity index (χ1) is 9.24. The highest BCUT2D eigenvalue weighted by molar-refractivity contribution is 5.44. The van der Waals surface area contributed by atoms with E-state index in [0.29, 0.717) is 6.54 Å². The smallest absolute Gasteiger partial charge is 0.178 e. The minimum absolute atomic E-state index is 0.280. The molecule has 0 aromatic carbocycles. The van der Waals surface area contributed by atoms with Crippen LogP contribution < -0.4 is 5.32 Å². The maximum atomic E-state index is 5.27. The Bertz CT molecular complexity index is 671. The second kappa shape index (κ2) is 4.72. The first kappa shape index (κ1) is 11.7. The molecule has 6 nitrogen and oxygen atoms in total. The van der Waals surface area contributed by atoms with Crippen LogP contribution in [0.3, 0.4) is 0 Å². The first-order valence-corrected chi connectivity index (χ1v) is 6.22. The number of fused-ring (bicyclic) bond motifs is 1. The number of furan rings is 1. The SMILES string of the molecule is CC(C)c1nnc2ccc(NCc3ccco3)nn12. The molecule has 3 rings (SSSR count). The van der Waals surface area contributed by atoms with E-state index in [4.69, 9.17) is 4.42 Å². The normalized spacial score (nSPS) is 11.3. The number of hydrogen-bond acceptors (Lipinski definition) is 5. The lowest BCUT2D eigenvalue weighted by molar-refractivity contribution is 0.517. The largest absolute Gasteiger partial charge is 0.467 e. The van der Waals surface area contributed by atoms with Gasteiger partial charge in [-0.3, -0.25) is 0 Å². The summed E-state index contributed by atoms with van der Waals surface area (Å²) < 4.78 is 7.04. The van der Waals surface area contributed by atoms with Gasteiger partial charge in [0.05, 0.1) is 12.8 Å². The van der Waals surface area contributed by atoms with Gasteiger partial charge >= 0.3 is 0 Å². The number of rotatable bonds is 4. The Labute approximate surface area is 110 Å². The molecule has 0 fully saturated rings. The third-order valence-corrected chi connectivity index (χ3v) is 2.83. The zero-order valence-corrected chi connectivity index (χ0v) is 10.9. The minimum atomic E-state index is 0.280. The van der Waals surface area contributed by atoms with E-state index in [1.807, 2.05) is 24.3 Å². The highest BCUT2D eigenvalue weighted by atomic mass is 16.3. The predicted molar refractivity (Wildman–Crippen MR) is 70.9 cm³/mol. The Hall–Kier alpha value is -2.37. The molecule has 0 spiro atoms. The molecule has 3 aromatic rings. The van der Waals surface area contributed by atoms with Gasteiger partial charge in [-0.2, -0.15) is 4.52 Å². The van der Waals surface area contributed by atoms with E-state index in [0.717, 1.165) is 23.0 Å². The summed E-state index contributed by atoms with van der Waals surface area (Å²) in [6.07, 6.45) is 1.66. The molecule has 0 bridgehead atoms. The average molecular weight is 257 g/mol. The van der Waals surface area contributed by atoms with Gasteiger partial charge in [0, 0.05) is 5.92 Å². The molecular weight excluding hydrogens is 242 g/mol. The Morgan fingerprint density at radius 1 is 1.26 bits per heavy atom. The second-order valence-corrected chi connectivity index (χ2v) is 4.63. The molecule has 0 unspecified atom stereocenters. The maximum absolute atomic E-state index is 5.27. The van der Waals surface area contributed by atoms with Gasteiger partial charge in [0.1, 0.15) is 11.6 Å². The summed E-state index contributed by atoms with van der Waals surface area (Å²) in [4.78, 5) is 0. The quantitative estimate of drug-likeness (QED) is 0.777. The van der Waals surface area contributed by atoms with Gasteiger partial charge < -0.3 is 9.73 Å². The van der Waals surface area contributed by atoms with E-state index in [1.54, 1.807) is 10.8 Å². The van der Waals surface area contributed by atoms with Crippen molar-refractivity contribution in [3.8, 4) is 0 Å². The number of aromatic nitrogens is 4. The van der Waals surface area contributed by atoms with Crippen LogP contribution in [0.4, 0.5) is 5.82 Å². The van der Waals surface area contributed by atoms with Crippen molar-refractivity contribution >= 4 is 11.5 Å². The average Bonchev–Trinajstić information content (AvgIpc) is 3.05. The molecule has 0 saturated heterocycles. The minimum Gasteiger partial charge on any atom is -0.467 e. The molecule has 1 N–H and O–H groups in total. The fraction of sp³-hybridized carbons (Fsp3) is 0.308. The van der Waals surface area contributed by atoms with E-state index in [1.165, 1.54) is 0 Å². The van der Waals surface area contributed by atoms with Crippen LogP contribution in [0.25, 0.3) is 5.65 Å². The molecule has 6 heteroatoms. The van der Waals surface area contributed by atoms with Crippen LogP contribution in [0.5, 0.6) is 0 Å². The molecule has 3 heterocycles. The van der Waals surface area contributed by atoms with Crippen molar-refractivity contribution < 1.29 is 4.42 Å². The van der Waals surface area contributed by atoms with Crippen molar-refractivity contribution in [2.75, 3.05) is 5.32 Å². The Balaban J connectivity index is 1.86. The topological polar surface area (TPSA) is 68.2 Å². The van der Waals surface area contributed by atoms with Crippen molar-refractivity contribution in [1.82, 2.24) is 19.8 Å². The second-order valence-electron chi connectivity index (χ2n) is 4.63. The van der Waals surface area contributed by atoms with Crippen LogP contribution >= 0.6 is 0 Å². The van der Waals surface area contributed by atoms with Crippen LogP contribution in [-0.4, -0.2) is 19.8 Å². The van der Waals surface area contributed by atoms with Crippen molar-refractivity contribution in [3.05, 3.63) is 42.1 Å². The number of hydrogen-bond donors (Lipinski definition) is 1. The van der Waals surface area contributed by atoms with Crippen LogP contribution in [0, 0.1) is 0 Å². The fourth-order valence-electron chi connectivity index (χ4n) is 1.85. The van der Waals surface area contributed by atoms with Gasteiger partial charge in [0.15, 0.2) is 11.5 Å². The van der Waals surface area contributed by atoms with Gasteiger partial charge in [-0.05, 0) is 24.3 Å². The highest BCUT2D eigenvalue weighted by Crippen LogP contribution is 2.14. The standard InChI is InChI=1S/C13H15N5O/c1-9(2)13-16-15-12-6-5-11(17-18(12)13)14-8-10-4-3-7-19-10/h3-7,9H,8H2,1-2H3,(H,14,17). The monoisotopic (exact) mass is 257 g/mol. The van der Waals surface area contributed by atoms with Crippen LogP contribution in [0.2, 0.25) is 0 Å². The van der Waals surface area contributed by atoms with Crippen LogP contribution in [-0.2, 0) is 6.54 Å². The predicted octanol–water partition coefficient (Wildman–Crippen LogP) is 2.45. The summed E-state index contributed by atoms with van der Waals surface area (Å²) in [5.74, 6) is 2.78. The Morgan fingerprint density at radius 2 is 2.16 bits per heavy atom. The first-order valence-electron chi connectivity index (χ1n) is 6.22. The summed E-state index contributed by atoms with van der Waals surface area (Å²) in [5, 5.41) is 16.0. The van der Waals surface area contributed by atoms with E-state index >= 15 is 0 Å². The lowest BCUT2D eigenvalue weighted by Crippen LogP contribution is -2.06. The zero-order valence-electron chi connectivity index (χ0n) is 10.9. The number of anilines is 1. The van der Waals surface area contributed by atoms with E-state index in [-0.39, 0.29) is 5.92 Å². The molecule has 98 valence electrons. The zero-order chi connectivity index (χ0) is 13.2. The molecular formula is C13H15N5O. The molecule has 0 amide bonds. The van der Waals surface area contributed by atoms with Crippen LogP contribution in [0.15, 0.2) is 34.9 Å². The molecule has 0 radical (unpaired) electrons. The van der Waals surface area contributed by atoms with Gasteiger partial charge in [-0.25, -0.2) is 0 Å². The number of nitrogens with one attached hydrogen (secondary N) is 1. The summed E-state index contributed by atoms with van der Waals surface area (Å²) in [7, 11) is 0. The molecule has 19 heavy (non-hydrogen) atoms. The summed E-state index contributed by atoms with van der Waals surface area (Å²) in [6.45, 7) is 4.74. The van der Waals surface area contributed by atoms with E-state index in [9.17, 15) is 0 Å². The lowest BCUT2D eigenvalue weighted by Gasteiger charge is -2.05. The lowest BCUT2D eigenvalue weighted by atomic mass is 10.2. The van der Waals surface area contributed by atoms with Gasteiger partial charge in [0.2, 0.25) is 0 Å². The summed E-state index contributed by atoms with van der Waals surface area (Å²) in [6, 6.07) is 7.57. The molecule has 0 aliphatic heterocycles. The van der Waals surface area contributed by atoms with Crippen molar-refractivity contribution in [1.29, 1.82) is 0 Å². The summed E-state index contributed by atoms with van der Waals surface area (Å²) in [5.41, 5.74) is 0.757. The molecule has 0 aliphatic rings. The Morgan fingerprint density at radius 3 is 2.89 bits per heavy atom. The molecule has 0 aliphatic carbocycles. The van der Waals surface area contributed by atoms with Crippen LogP contribution in [0.1, 0.15) is 31.4 Å². The molecule has 3 aromatic heterocycles. The third kappa shape index (κ3) is 2.29. The highest BCUT2D eigenvalue weighted by Gasteiger charge is 2.10. The maximum Gasteiger partial charge on any atom is 0.178 e. The number of nitrogens with zero attached hydrogens (tertiary/aromatic N) is 4. The van der Waals surface area contributed by atoms with Gasteiger partial charge in [0.25, 0.3) is 0 Å². The van der Waals surface area contributed by atoms with Crippen molar-refractivity contribution in [2.24, 2.45) is 0 Å². The molecule has 0 atom stereocenters. The summed E-state index contributed by atoms with van der Waals surface area (Å²) >= 11 is 0.